The van der Waals surface area contributed by atoms with Crippen molar-refractivity contribution < 1.29 is 0 Å². The van der Waals surface area contributed by atoms with Gasteiger partial charge in [-0.05, 0) is 19.7 Å². The van der Waals surface area contributed by atoms with Gasteiger partial charge in [-0.1, -0.05) is 12.7 Å². The van der Waals surface area contributed by atoms with Gasteiger partial charge in [-0.3, -0.25) is 9.98 Å². The van der Waals surface area contributed by atoms with Gasteiger partial charge in [-0.25, -0.2) is 4.99 Å². The monoisotopic (exact) mass is 161 g/mol. The number of hydrogen-bond acceptors (Lipinski definition) is 3. The van der Waals surface area contributed by atoms with E-state index in [0.29, 0.717) is 18.1 Å². The van der Waals surface area contributed by atoms with Crippen molar-refractivity contribution in [3.8, 4) is 0 Å². The average molecular weight is 161 g/mol. The third-order valence-corrected chi connectivity index (χ3v) is 1.43. The molecule has 1 rings (SSSR count). The van der Waals surface area contributed by atoms with E-state index in [1.165, 1.54) is 0 Å². The van der Waals surface area contributed by atoms with Crippen molar-refractivity contribution in [2.45, 2.75) is 6.92 Å². The molecular weight excluding hydrogens is 150 g/mol. The van der Waals surface area contributed by atoms with Gasteiger partial charge < -0.3 is 0 Å². The molecule has 12 heavy (non-hydrogen) atoms. The zero-order chi connectivity index (χ0) is 8.97. The summed E-state index contributed by atoms with van der Waals surface area (Å²) in [5.41, 5.74) is 1.69. The molecule has 0 unspecified atom stereocenters. The summed E-state index contributed by atoms with van der Waals surface area (Å²) >= 11 is 0. The van der Waals surface area contributed by atoms with Crippen molar-refractivity contribution in [2.24, 2.45) is 15.0 Å². The molecule has 0 aromatic heterocycles. The number of amidine groups is 1. The van der Waals surface area contributed by atoms with Gasteiger partial charge in [-0.2, -0.15) is 0 Å². The van der Waals surface area contributed by atoms with Crippen LogP contribution in [0.25, 0.3) is 0 Å². The summed E-state index contributed by atoms with van der Waals surface area (Å²) in [6.45, 7) is 9.61. The van der Waals surface area contributed by atoms with Crippen LogP contribution in [0.2, 0.25) is 0 Å². The molecule has 0 saturated carbocycles. The second kappa shape index (κ2) is 3.76. The predicted molar refractivity (Wildman–Crippen MR) is 53.2 cm³/mol. The SMILES string of the molecule is C=C/C=C(\N=C)C1=NCC(C)=N1. The minimum absolute atomic E-state index is 0.655. The molecule has 1 heterocycles. The zero-order valence-corrected chi connectivity index (χ0v) is 7.12. The normalized spacial score (nSPS) is 16.9. The number of nitrogens with zero attached hydrogens (tertiary/aromatic N) is 3. The third kappa shape index (κ3) is 1.75. The van der Waals surface area contributed by atoms with Crippen LogP contribution in [0.1, 0.15) is 6.92 Å². The first-order chi connectivity index (χ1) is 5.77. The number of allylic oxidation sites excluding steroid dienone is 2. The van der Waals surface area contributed by atoms with Gasteiger partial charge in [0.05, 0.1) is 6.54 Å². The molecule has 0 amide bonds. The average Bonchev–Trinajstić information content (AvgIpc) is 2.47. The molecule has 0 aromatic rings. The van der Waals surface area contributed by atoms with Crippen LogP contribution in [0.3, 0.4) is 0 Å². The van der Waals surface area contributed by atoms with Gasteiger partial charge in [-0.15, -0.1) is 0 Å². The Morgan fingerprint density at radius 1 is 1.67 bits per heavy atom. The zero-order valence-electron chi connectivity index (χ0n) is 7.12. The van der Waals surface area contributed by atoms with Crippen LogP contribution in [-0.4, -0.2) is 24.8 Å². The molecule has 0 saturated heterocycles. The van der Waals surface area contributed by atoms with Crippen molar-refractivity contribution in [3.63, 3.8) is 0 Å². The van der Waals surface area contributed by atoms with Gasteiger partial charge in [0.1, 0.15) is 5.70 Å². The maximum Gasteiger partial charge on any atom is 0.173 e. The van der Waals surface area contributed by atoms with E-state index in [9.17, 15) is 0 Å². The Kier molecular flexibility index (Phi) is 2.69. The van der Waals surface area contributed by atoms with Gasteiger partial charge >= 0.3 is 0 Å². The van der Waals surface area contributed by atoms with Crippen LogP contribution in [-0.2, 0) is 0 Å². The highest BCUT2D eigenvalue weighted by atomic mass is 15.0. The number of rotatable bonds is 3. The lowest BCUT2D eigenvalue weighted by molar-refractivity contribution is 1.31. The van der Waals surface area contributed by atoms with E-state index in [2.05, 4.69) is 28.3 Å². The molecule has 1 aliphatic heterocycles. The lowest BCUT2D eigenvalue weighted by Gasteiger charge is -1.93. The fourth-order valence-electron chi connectivity index (χ4n) is 0.889. The first kappa shape index (κ1) is 8.59. The summed E-state index contributed by atoms with van der Waals surface area (Å²) in [7, 11) is 0. The van der Waals surface area contributed by atoms with E-state index in [4.69, 9.17) is 0 Å². The minimum Gasteiger partial charge on any atom is -0.261 e. The van der Waals surface area contributed by atoms with Crippen LogP contribution < -0.4 is 0 Å². The van der Waals surface area contributed by atoms with Crippen molar-refractivity contribution in [3.05, 3.63) is 24.4 Å². The molecule has 3 heteroatoms. The third-order valence-electron chi connectivity index (χ3n) is 1.43. The molecule has 1 aliphatic rings. The predicted octanol–water partition coefficient (Wildman–Crippen LogP) is 1.63. The highest BCUT2D eigenvalue weighted by molar-refractivity contribution is 6.10. The van der Waals surface area contributed by atoms with Gasteiger partial charge in [0.25, 0.3) is 0 Å². The molecule has 0 spiro atoms. The van der Waals surface area contributed by atoms with Crippen molar-refractivity contribution >= 4 is 18.3 Å². The summed E-state index contributed by atoms with van der Waals surface area (Å²) in [6, 6.07) is 0. The molecular formula is C9H11N3. The van der Waals surface area contributed by atoms with E-state index in [0.717, 1.165) is 5.71 Å². The summed E-state index contributed by atoms with van der Waals surface area (Å²) in [4.78, 5) is 12.2. The fourth-order valence-corrected chi connectivity index (χ4v) is 0.889. The summed E-state index contributed by atoms with van der Waals surface area (Å²) in [6.07, 6.45) is 3.39. The summed E-state index contributed by atoms with van der Waals surface area (Å²) in [5.74, 6) is 0.655. The smallest absolute Gasteiger partial charge is 0.173 e. The molecule has 0 atom stereocenters. The minimum atomic E-state index is 0.655. The molecule has 0 N–H and O–H groups in total. The second-order valence-corrected chi connectivity index (χ2v) is 2.43. The lowest BCUT2D eigenvalue weighted by Crippen LogP contribution is -1.93. The van der Waals surface area contributed by atoms with Crippen molar-refractivity contribution in [2.75, 3.05) is 6.54 Å². The molecule has 0 radical (unpaired) electrons. The number of hydrogen-bond donors (Lipinski definition) is 0. The summed E-state index contributed by atoms with van der Waals surface area (Å²) in [5, 5.41) is 0. The van der Waals surface area contributed by atoms with E-state index in [1.54, 1.807) is 12.2 Å². The van der Waals surface area contributed by atoms with Crippen LogP contribution in [0.15, 0.2) is 39.4 Å². The Labute approximate surface area is 72.0 Å². The topological polar surface area (TPSA) is 37.1 Å². The Morgan fingerprint density at radius 3 is 2.83 bits per heavy atom. The van der Waals surface area contributed by atoms with Gasteiger partial charge in [0.2, 0.25) is 0 Å². The molecule has 0 bridgehead atoms. The Hall–Kier alpha value is -1.51. The van der Waals surface area contributed by atoms with E-state index in [-0.39, 0.29) is 0 Å². The maximum atomic E-state index is 4.20. The molecule has 0 aromatic carbocycles. The van der Waals surface area contributed by atoms with E-state index < -0.39 is 0 Å². The van der Waals surface area contributed by atoms with Gasteiger partial charge in [0.15, 0.2) is 5.84 Å². The maximum absolute atomic E-state index is 4.20. The molecule has 62 valence electrons. The van der Waals surface area contributed by atoms with E-state index in [1.807, 2.05) is 6.92 Å². The Bertz CT molecular complexity index is 295. The van der Waals surface area contributed by atoms with Crippen LogP contribution >= 0.6 is 0 Å². The first-order valence-corrected chi connectivity index (χ1v) is 3.66. The highest BCUT2D eigenvalue weighted by Gasteiger charge is 2.08. The fraction of sp³-hybridized carbons (Fsp3) is 0.222. The number of aliphatic imine (C=N–C) groups is 3. The summed E-state index contributed by atoms with van der Waals surface area (Å²) < 4.78 is 0. The van der Waals surface area contributed by atoms with E-state index >= 15 is 0 Å². The lowest BCUT2D eigenvalue weighted by atomic mass is 10.3. The Morgan fingerprint density at radius 2 is 2.42 bits per heavy atom. The first-order valence-electron chi connectivity index (χ1n) is 3.66. The van der Waals surface area contributed by atoms with Crippen molar-refractivity contribution in [1.82, 2.24) is 0 Å². The largest absolute Gasteiger partial charge is 0.261 e. The highest BCUT2D eigenvalue weighted by Crippen LogP contribution is 2.07. The van der Waals surface area contributed by atoms with Crippen LogP contribution in [0.5, 0.6) is 0 Å². The van der Waals surface area contributed by atoms with Gasteiger partial charge in [0, 0.05) is 5.71 Å². The quantitative estimate of drug-likeness (QED) is 0.445. The Balaban J connectivity index is 2.88. The molecule has 3 nitrogen and oxygen atoms in total. The molecule has 0 fully saturated rings. The van der Waals surface area contributed by atoms with Crippen LogP contribution in [0.4, 0.5) is 0 Å². The standard InChI is InChI=1S/C9H11N3/c1-4-5-8(10-3)9-11-6-7(2)12-9/h4-5H,1,3,6H2,2H3/b8-5-. The second-order valence-electron chi connectivity index (χ2n) is 2.43. The van der Waals surface area contributed by atoms with Crippen molar-refractivity contribution in [1.29, 1.82) is 0 Å². The van der Waals surface area contributed by atoms with Crippen LogP contribution in [0, 0.1) is 0 Å². The molecule has 0 aliphatic carbocycles.